The Bertz CT molecular complexity index is 705. The van der Waals surface area contributed by atoms with Gasteiger partial charge in [-0.1, -0.05) is 23.7 Å². The van der Waals surface area contributed by atoms with E-state index in [1.54, 1.807) is 0 Å². The van der Waals surface area contributed by atoms with Gasteiger partial charge in [-0.3, -0.25) is 4.40 Å². The predicted octanol–water partition coefficient (Wildman–Crippen LogP) is 2.51. The number of benzene rings is 1. The van der Waals surface area contributed by atoms with Gasteiger partial charge in [0.15, 0.2) is 11.5 Å². The normalized spacial score (nSPS) is 11.0. The molecule has 2 N–H and O–H groups in total. The highest BCUT2D eigenvalue weighted by molar-refractivity contribution is 6.30. The van der Waals surface area contributed by atoms with Crippen LogP contribution in [0, 0.1) is 0 Å². The Balaban J connectivity index is 2.18. The Morgan fingerprint density at radius 2 is 2.06 bits per heavy atom. The molecule has 4 nitrogen and oxygen atoms in total. The number of nitrogens with two attached hydrogens (primary N) is 1. The smallest absolute Gasteiger partial charge is 0.168 e. The molecular weight excluding hydrogens is 248 g/mol. The first kappa shape index (κ1) is 11.2. The van der Waals surface area contributed by atoms with Gasteiger partial charge in [-0.25, -0.2) is 0 Å². The highest BCUT2D eigenvalue weighted by atomic mass is 35.5. The summed E-state index contributed by atoms with van der Waals surface area (Å²) in [7, 11) is 0. The minimum absolute atomic E-state index is 0.496. The second-order valence-corrected chi connectivity index (χ2v) is 4.44. The molecule has 0 radical (unpaired) electrons. The fourth-order valence-electron chi connectivity index (χ4n) is 1.88. The molecule has 3 rings (SSSR count). The van der Waals surface area contributed by atoms with E-state index in [1.807, 2.05) is 47.0 Å². The third-order valence-electron chi connectivity index (χ3n) is 2.79. The van der Waals surface area contributed by atoms with E-state index in [2.05, 4.69) is 10.2 Å². The van der Waals surface area contributed by atoms with E-state index in [1.165, 1.54) is 0 Å². The molecule has 2 heterocycles. The number of hydrogen-bond acceptors (Lipinski definition) is 3. The van der Waals surface area contributed by atoms with Crippen molar-refractivity contribution < 1.29 is 0 Å². The summed E-state index contributed by atoms with van der Waals surface area (Å²) < 4.78 is 1.92. The maximum Gasteiger partial charge on any atom is 0.168 e. The van der Waals surface area contributed by atoms with Crippen molar-refractivity contribution in [2.45, 2.75) is 6.54 Å². The van der Waals surface area contributed by atoms with Crippen molar-refractivity contribution in [2.24, 2.45) is 5.73 Å². The Kier molecular flexibility index (Phi) is 2.74. The minimum Gasteiger partial charge on any atom is -0.326 e. The summed E-state index contributed by atoms with van der Waals surface area (Å²) in [6.07, 6.45) is 1.92. The van der Waals surface area contributed by atoms with Crippen LogP contribution in [0.25, 0.3) is 17.0 Å². The molecular formula is C13H11ClN4. The van der Waals surface area contributed by atoms with Crippen molar-refractivity contribution >= 4 is 17.2 Å². The zero-order valence-electron chi connectivity index (χ0n) is 9.55. The molecule has 0 saturated heterocycles. The number of fused-ring (bicyclic) bond motifs is 1. The zero-order valence-corrected chi connectivity index (χ0v) is 10.3. The number of halogens is 1. The van der Waals surface area contributed by atoms with Gasteiger partial charge in [0.05, 0.1) is 0 Å². The lowest BCUT2D eigenvalue weighted by atomic mass is 10.2. The van der Waals surface area contributed by atoms with Crippen molar-refractivity contribution in [3.05, 3.63) is 53.2 Å². The first-order chi connectivity index (χ1) is 8.78. The molecule has 3 aromatic rings. The lowest BCUT2D eigenvalue weighted by Gasteiger charge is -2.01. The molecule has 1 aromatic carbocycles. The molecule has 2 aromatic heterocycles. The maximum atomic E-state index is 5.99. The van der Waals surface area contributed by atoms with Crippen LogP contribution in [0.2, 0.25) is 5.02 Å². The molecule has 0 fully saturated rings. The maximum absolute atomic E-state index is 5.99. The quantitative estimate of drug-likeness (QED) is 0.768. The number of hydrogen-bond donors (Lipinski definition) is 1. The molecule has 0 saturated carbocycles. The summed E-state index contributed by atoms with van der Waals surface area (Å²) in [5, 5.41) is 9.03. The van der Waals surface area contributed by atoms with Crippen molar-refractivity contribution in [1.82, 2.24) is 14.6 Å². The Hall–Kier alpha value is -1.91. The number of nitrogens with zero attached hydrogens (tertiary/aromatic N) is 3. The van der Waals surface area contributed by atoms with E-state index in [0.29, 0.717) is 11.6 Å². The molecule has 90 valence electrons. The zero-order chi connectivity index (χ0) is 12.5. The molecule has 0 bridgehead atoms. The van der Waals surface area contributed by atoms with Crippen LogP contribution >= 0.6 is 11.6 Å². The molecule has 5 heteroatoms. The summed E-state index contributed by atoms with van der Waals surface area (Å²) in [6, 6.07) is 11.5. The highest BCUT2D eigenvalue weighted by Gasteiger charge is 2.08. The van der Waals surface area contributed by atoms with Crippen molar-refractivity contribution in [1.29, 1.82) is 0 Å². The van der Waals surface area contributed by atoms with E-state index in [0.717, 1.165) is 22.6 Å². The monoisotopic (exact) mass is 258 g/mol. The van der Waals surface area contributed by atoms with Gasteiger partial charge in [-0.2, -0.15) is 0 Å². The molecule has 0 unspecified atom stereocenters. The van der Waals surface area contributed by atoms with Crippen LogP contribution in [0.3, 0.4) is 0 Å². The molecule has 0 aliphatic carbocycles. The van der Waals surface area contributed by atoms with Crippen LogP contribution in [-0.2, 0) is 6.54 Å². The van der Waals surface area contributed by atoms with Gasteiger partial charge >= 0.3 is 0 Å². The van der Waals surface area contributed by atoms with E-state index >= 15 is 0 Å². The molecule has 0 aliphatic heterocycles. The van der Waals surface area contributed by atoms with Crippen LogP contribution in [0.1, 0.15) is 5.56 Å². The highest BCUT2D eigenvalue weighted by Crippen LogP contribution is 2.21. The molecule has 0 spiro atoms. The van der Waals surface area contributed by atoms with Gasteiger partial charge in [0.1, 0.15) is 0 Å². The van der Waals surface area contributed by atoms with Crippen LogP contribution in [0.4, 0.5) is 0 Å². The van der Waals surface area contributed by atoms with Gasteiger partial charge in [0.25, 0.3) is 0 Å². The van der Waals surface area contributed by atoms with Crippen LogP contribution in [-0.4, -0.2) is 14.6 Å². The topological polar surface area (TPSA) is 56.2 Å². The van der Waals surface area contributed by atoms with Gasteiger partial charge < -0.3 is 5.73 Å². The SMILES string of the molecule is NCc1ccn2c(-c3cccc(Cl)c3)nnc2c1. The number of rotatable bonds is 2. The van der Waals surface area contributed by atoms with Gasteiger partial charge in [0, 0.05) is 23.3 Å². The minimum atomic E-state index is 0.496. The number of aromatic nitrogens is 3. The average molecular weight is 259 g/mol. The molecule has 0 atom stereocenters. The Morgan fingerprint density at radius 1 is 1.17 bits per heavy atom. The second-order valence-electron chi connectivity index (χ2n) is 4.00. The van der Waals surface area contributed by atoms with Crippen molar-refractivity contribution in [3.8, 4) is 11.4 Å². The van der Waals surface area contributed by atoms with E-state index < -0.39 is 0 Å². The van der Waals surface area contributed by atoms with Crippen molar-refractivity contribution in [3.63, 3.8) is 0 Å². The van der Waals surface area contributed by atoms with Crippen LogP contribution < -0.4 is 5.73 Å². The number of pyridine rings is 1. The third-order valence-corrected chi connectivity index (χ3v) is 3.03. The van der Waals surface area contributed by atoms with E-state index in [9.17, 15) is 0 Å². The average Bonchev–Trinajstić information content (AvgIpc) is 2.81. The van der Waals surface area contributed by atoms with E-state index in [4.69, 9.17) is 17.3 Å². The second kappa shape index (κ2) is 4.40. The van der Waals surface area contributed by atoms with E-state index in [-0.39, 0.29) is 0 Å². The lowest BCUT2D eigenvalue weighted by Crippen LogP contribution is -1.97. The predicted molar refractivity (Wildman–Crippen MR) is 71.3 cm³/mol. The van der Waals surface area contributed by atoms with Gasteiger partial charge in [-0.05, 0) is 29.8 Å². The van der Waals surface area contributed by atoms with Crippen LogP contribution in [0.5, 0.6) is 0 Å². The molecule has 0 amide bonds. The summed E-state index contributed by atoms with van der Waals surface area (Å²) >= 11 is 5.99. The standard InChI is InChI=1S/C13H11ClN4/c14-11-3-1-2-10(7-11)13-17-16-12-6-9(8-15)4-5-18(12)13/h1-7H,8,15H2. The molecule has 0 aliphatic rings. The fraction of sp³-hybridized carbons (Fsp3) is 0.0769. The third kappa shape index (κ3) is 1.85. The summed E-state index contributed by atoms with van der Waals surface area (Å²) in [6.45, 7) is 0.496. The lowest BCUT2D eigenvalue weighted by molar-refractivity contribution is 1.05. The van der Waals surface area contributed by atoms with Gasteiger partial charge in [0.2, 0.25) is 0 Å². The van der Waals surface area contributed by atoms with Crippen molar-refractivity contribution in [2.75, 3.05) is 0 Å². The molecule has 18 heavy (non-hydrogen) atoms. The first-order valence-corrected chi connectivity index (χ1v) is 5.95. The first-order valence-electron chi connectivity index (χ1n) is 5.57. The van der Waals surface area contributed by atoms with Crippen LogP contribution in [0.15, 0.2) is 42.6 Å². The largest absolute Gasteiger partial charge is 0.326 e. The summed E-state index contributed by atoms with van der Waals surface area (Å²) in [4.78, 5) is 0. The van der Waals surface area contributed by atoms with Gasteiger partial charge in [-0.15, -0.1) is 10.2 Å². The Labute approximate surface area is 109 Å². The fourth-order valence-corrected chi connectivity index (χ4v) is 2.07. The summed E-state index contributed by atoms with van der Waals surface area (Å²) in [5.41, 5.74) is 8.36. The summed E-state index contributed by atoms with van der Waals surface area (Å²) in [5.74, 6) is 0.774. The Morgan fingerprint density at radius 3 is 2.83 bits per heavy atom.